The number of rotatable bonds is 3. The highest BCUT2D eigenvalue weighted by atomic mass is 35.5. The van der Waals surface area contributed by atoms with Crippen molar-refractivity contribution < 1.29 is 28.2 Å². The second kappa shape index (κ2) is 4.89. The van der Waals surface area contributed by atoms with Crippen LogP contribution in [-0.4, -0.2) is 21.2 Å². The van der Waals surface area contributed by atoms with Crippen LogP contribution in [0, 0.1) is 0 Å². The fourth-order valence-electron chi connectivity index (χ4n) is 1.13. The van der Waals surface area contributed by atoms with Crippen molar-refractivity contribution in [3.8, 4) is 0 Å². The Kier molecular flexibility index (Phi) is 3.94. The number of carboxylic acid groups (broad SMARTS) is 1. The second-order valence-electron chi connectivity index (χ2n) is 3.22. The number of aliphatic carboxylic acids is 1. The Bertz CT molecular complexity index is 436. The Balaban J connectivity index is 3.10. The molecule has 8 heteroatoms. The summed E-state index contributed by atoms with van der Waals surface area (Å²) >= 11 is 5.49. The third-order valence-corrected chi connectivity index (χ3v) is 2.24. The van der Waals surface area contributed by atoms with E-state index in [0.29, 0.717) is 12.3 Å². The van der Waals surface area contributed by atoms with Gasteiger partial charge in [-0.25, -0.2) is 4.98 Å². The van der Waals surface area contributed by atoms with Gasteiger partial charge in [0.15, 0.2) is 0 Å². The lowest BCUT2D eigenvalue weighted by Gasteiger charge is -2.13. The minimum atomic E-state index is -4.63. The molecule has 1 rings (SSSR count). The summed E-state index contributed by atoms with van der Waals surface area (Å²) in [7, 11) is 0. The highest BCUT2D eigenvalue weighted by Gasteiger charge is 2.32. The normalized spacial score (nSPS) is 13.5. The van der Waals surface area contributed by atoms with Gasteiger partial charge in [0.1, 0.15) is 5.15 Å². The Labute approximate surface area is 98.7 Å². The van der Waals surface area contributed by atoms with Gasteiger partial charge in [0.05, 0.1) is 18.1 Å². The molecule has 1 aromatic rings. The molecule has 4 nitrogen and oxygen atoms in total. The molecule has 0 aliphatic heterocycles. The van der Waals surface area contributed by atoms with Crippen LogP contribution in [0.4, 0.5) is 13.2 Å². The van der Waals surface area contributed by atoms with Crippen molar-refractivity contribution >= 4 is 17.6 Å². The first-order chi connectivity index (χ1) is 7.71. The minimum absolute atomic E-state index is 0.355. The van der Waals surface area contributed by atoms with Gasteiger partial charge in [-0.15, -0.1) is 0 Å². The van der Waals surface area contributed by atoms with Crippen molar-refractivity contribution in [2.45, 2.75) is 18.7 Å². The van der Waals surface area contributed by atoms with Crippen molar-refractivity contribution in [3.63, 3.8) is 0 Å². The van der Waals surface area contributed by atoms with E-state index in [2.05, 4.69) is 4.98 Å². The van der Waals surface area contributed by atoms with E-state index in [1.54, 1.807) is 0 Å². The lowest BCUT2D eigenvalue weighted by molar-refractivity contribution is -0.139. The standard InChI is InChI=1S/C9H7ClF3NO3/c10-8-5(6(15)2-7(16)17)1-4(3-14-8)9(11,12)13/h1,3,6,15H,2H2,(H,16,17)/t6-/m1/s1. The molecular weight excluding hydrogens is 263 g/mol. The van der Waals surface area contributed by atoms with E-state index < -0.39 is 30.2 Å². The molecule has 17 heavy (non-hydrogen) atoms. The molecule has 1 atom stereocenters. The molecule has 0 fully saturated rings. The molecule has 1 aromatic heterocycles. The first-order valence-corrected chi connectivity index (χ1v) is 4.72. The monoisotopic (exact) mass is 269 g/mol. The van der Waals surface area contributed by atoms with Gasteiger partial charge < -0.3 is 10.2 Å². The van der Waals surface area contributed by atoms with Crippen LogP contribution in [0.15, 0.2) is 12.3 Å². The van der Waals surface area contributed by atoms with Crippen molar-refractivity contribution in [1.82, 2.24) is 4.98 Å². The minimum Gasteiger partial charge on any atom is -0.481 e. The first kappa shape index (κ1) is 13.7. The van der Waals surface area contributed by atoms with Crippen molar-refractivity contribution in [2.24, 2.45) is 0 Å². The quantitative estimate of drug-likeness (QED) is 0.826. The average molecular weight is 270 g/mol. The van der Waals surface area contributed by atoms with Crippen LogP contribution in [0.1, 0.15) is 23.7 Å². The maximum atomic E-state index is 12.3. The molecule has 0 spiro atoms. The number of pyridine rings is 1. The molecule has 1 heterocycles. The molecule has 0 unspecified atom stereocenters. The number of nitrogens with zero attached hydrogens (tertiary/aromatic N) is 1. The van der Waals surface area contributed by atoms with Gasteiger partial charge in [-0.1, -0.05) is 11.6 Å². The van der Waals surface area contributed by atoms with Crippen LogP contribution in [0.3, 0.4) is 0 Å². The predicted molar refractivity (Wildman–Crippen MR) is 51.5 cm³/mol. The van der Waals surface area contributed by atoms with Crippen LogP contribution < -0.4 is 0 Å². The maximum absolute atomic E-state index is 12.3. The molecule has 0 bridgehead atoms. The summed E-state index contributed by atoms with van der Waals surface area (Å²) in [6, 6.07) is 0.586. The molecule has 0 saturated heterocycles. The zero-order chi connectivity index (χ0) is 13.2. The third kappa shape index (κ3) is 3.57. The Morgan fingerprint density at radius 2 is 2.12 bits per heavy atom. The number of carbonyl (C=O) groups is 1. The zero-order valence-electron chi connectivity index (χ0n) is 8.20. The largest absolute Gasteiger partial charge is 0.481 e. The van der Waals surface area contributed by atoms with Crippen LogP contribution in [-0.2, 0) is 11.0 Å². The van der Waals surface area contributed by atoms with Crippen molar-refractivity contribution in [1.29, 1.82) is 0 Å². The fraction of sp³-hybridized carbons (Fsp3) is 0.333. The number of hydrogen-bond donors (Lipinski definition) is 2. The molecule has 0 aliphatic carbocycles. The predicted octanol–water partition coefficient (Wildman–Crippen LogP) is 2.26. The topological polar surface area (TPSA) is 70.4 Å². The summed E-state index contributed by atoms with van der Waals surface area (Å²) in [5.41, 5.74) is -1.45. The number of aromatic nitrogens is 1. The molecule has 0 aromatic carbocycles. The number of aliphatic hydroxyl groups excluding tert-OH is 1. The molecule has 0 saturated carbocycles. The van der Waals surface area contributed by atoms with Gasteiger partial charge in [-0.05, 0) is 6.07 Å². The number of aliphatic hydroxyl groups is 1. The zero-order valence-corrected chi connectivity index (χ0v) is 8.96. The van der Waals surface area contributed by atoms with Crippen LogP contribution >= 0.6 is 11.6 Å². The average Bonchev–Trinajstić information content (AvgIpc) is 2.15. The third-order valence-electron chi connectivity index (χ3n) is 1.92. The highest BCUT2D eigenvalue weighted by molar-refractivity contribution is 6.30. The van der Waals surface area contributed by atoms with E-state index in [9.17, 15) is 23.1 Å². The summed E-state index contributed by atoms with van der Waals surface area (Å²) in [5, 5.41) is 17.5. The lowest BCUT2D eigenvalue weighted by atomic mass is 10.1. The highest BCUT2D eigenvalue weighted by Crippen LogP contribution is 2.33. The van der Waals surface area contributed by atoms with E-state index in [4.69, 9.17) is 16.7 Å². The molecule has 0 aliphatic rings. The van der Waals surface area contributed by atoms with Crippen LogP contribution in [0.2, 0.25) is 5.15 Å². The van der Waals surface area contributed by atoms with E-state index in [-0.39, 0.29) is 10.7 Å². The van der Waals surface area contributed by atoms with Crippen molar-refractivity contribution in [3.05, 3.63) is 28.5 Å². The maximum Gasteiger partial charge on any atom is 0.417 e. The molecule has 0 amide bonds. The Hall–Kier alpha value is -1.34. The van der Waals surface area contributed by atoms with Crippen LogP contribution in [0.5, 0.6) is 0 Å². The number of alkyl halides is 3. The number of hydrogen-bond acceptors (Lipinski definition) is 3. The van der Waals surface area contributed by atoms with Gasteiger partial charge in [0.2, 0.25) is 0 Å². The van der Waals surface area contributed by atoms with E-state index in [1.807, 2.05) is 0 Å². The first-order valence-electron chi connectivity index (χ1n) is 4.34. The summed E-state index contributed by atoms with van der Waals surface area (Å²) < 4.78 is 37.0. The summed E-state index contributed by atoms with van der Waals surface area (Å²) in [4.78, 5) is 13.6. The van der Waals surface area contributed by atoms with Gasteiger partial charge in [0.25, 0.3) is 0 Å². The van der Waals surface area contributed by atoms with E-state index in [1.165, 1.54) is 0 Å². The smallest absolute Gasteiger partial charge is 0.417 e. The fourth-order valence-corrected chi connectivity index (χ4v) is 1.36. The van der Waals surface area contributed by atoms with Gasteiger partial charge in [-0.2, -0.15) is 13.2 Å². The summed E-state index contributed by atoms with van der Waals surface area (Å²) in [5.74, 6) is -1.36. The van der Waals surface area contributed by atoms with Crippen LogP contribution in [0.25, 0.3) is 0 Å². The summed E-state index contributed by atoms with van der Waals surface area (Å²) in [6.07, 6.45) is -6.49. The van der Waals surface area contributed by atoms with E-state index >= 15 is 0 Å². The molecule has 94 valence electrons. The molecular formula is C9H7ClF3NO3. The Morgan fingerprint density at radius 1 is 1.53 bits per heavy atom. The second-order valence-corrected chi connectivity index (χ2v) is 3.57. The number of halogens is 4. The van der Waals surface area contributed by atoms with Gasteiger partial charge in [0, 0.05) is 11.8 Å². The SMILES string of the molecule is O=C(O)C[C@@H](O)c1cc(C(F)(F)F)cnc1Cl. The van der Waals surface area contributed by atoms with Gasteiger partial charge >= 0.3 is 12.1 Å². The van der Waals surface area contributed by atoms with E-state index in [0.717, 1.165) is 0 Å². The van der Waals surface area contributed by atoms with Crippen molar-refractivity contribution in [2.75, 3.05) is 0 Å². The number of carboxylic acids is 1. The Morgan fingerprint density at radius 3 is 2.59 bits per heavy atom. The molecule has 0 radical (unpaired) electrons. The lowest BCUT2D eigenvalue weighted by Crippen LogP contribution is -2.11. The summed E-state index contributed by atoms with van der Waals surface area (Å²) in [6.45, 7) is 0. The molecule has 2 N–H and O–H groups in total. The van der Waals surface area contributed by atoms with Gasteiger partial charge in [-0.3, -0.25) is 4.79 Å².